The summed E-state index contributed by atoms with van der Waals surface area (Å²) in [5.74, 6) is 1.89. The third-order valence-electron chi connectivity index (χ3n) is 8.29. The molecule has 2 N–H and O–H groups in total. The fourth-order valence-electron chi connectivity index (χ4n) is 6.40. The van der Waals surface area contributed by atoms with Crippen molar-refractivity contribution in [3.05, 3.63) is 55.1 Å². The van der Waals surface area contributed by atoms with Crippen LogP contribution in [0, 0.1) is 11.8 Å². The molecule has 1 saturated heterocycles. The Kier molecular flexibility index (Phi) is 8.04. The van der Waals surface area contributed by atoms with Crippen molar-refractivity contribution in [1.29, 1.82) is 0 Å². The number of carbonyl (C=O) groups excluding carboxylic acids is 1. The maximum atomic E-state index is 12.2. The molecule has 1 amide bonds. The molecule has 0 spiro atoms. The molecule has 1 aliphatic carbocycles. The van der Waals surface area contributed by atoms with Crippen molar-refractivity contribution in [3.63, 3.8) is 0 Å². The van der Waals surface area contributed by atoms with Gasteiger partial charge in [-0.15, -0.1) is 0 Å². The van der Waals surface area contributed by atoms with Crippen LogP contribution in [-0.2, 0) is 4.74 Å². The maximum Gasteiger partial charge on any atom is 0.412 e. The first-order valence-electron chi connectivity index (χ1n) is 15.2. The summed E-state index contributed by atoms with van der Waals surface area (Å²) in [6, 6.07) is 12.6. The minimum Gasteiger partial charge on any atom is -0.444 e. The average molecular weight is 572 g/mol. The number of nitrogens with zero attached hydrogens (tertiary/aromatic N) is 5. The van der Waals surface area contributed by atoms with Gasteiger partial charge < -0.3 is 19.4 Å². The van der Waals surface area contributed by atoms with Gasteiger partial charge in [-0.25, -0.2) is 19.3 Å². The Balaban J connectivity index is 1.08. The molecule has 6 rings (SSSR count). The summed E-state index contributed by atoms with van der Waals surface area (Å²) in [6.45, 7) is 7.67. The van der Waals surface area contributed by atoms with E-state index in [1.165, 1.54) is 44.2 Å². The van der Waals surface area contributed by atoms with Crippen molar-refractivity contribution in [2.45, 2.75) is 77.4 Å². The van der Waals surface area contributed by atoms with Crippen LogP contribution in [0.2, 0.25) is 0 Å². The van der Waals surface area contributed by atoms with Crippen LogP contribution < -0.4 is 15.5 Å². The zero-order valence-electron chi connectivity index (χ0n) is 24.8. The Labute approximate surface area is 246 Å². The van der Waals surface area contributed by atoms with Crippen LogP contribution in [0.1, 0.15) is 65.7 Å². The van der Waals surface area contributed by atoms with Crippen LogP contribution in [0.3, 0.4) is 0 Å². The second-order valence-electron chi connectivity index (χ2n) is 12.7. The third-order valence-corrected chi connectivity index (χ3v) is 8.29. The molecular formula is C32H41N7O3. The van der Waals surface area contributed by atoms with Crippen LogP contribution in [0.25, 0.3) is 17.0 Å². The summed E-state index contributed by atoms with van der Waals surface area (Å²) in [7, 11) is 0. The van der Waals surface area contributed by atoms with E-state index in [0.29, 0.717) is 35.3 Å². The highest BCUT2D eigenvalue weighted by molar-refractivity contribution is 5.86. The lowest BCUT2D eigenvalue weighted by Crippen LogP contribution is -2.39. The summed E-state index contributed by atoms with van der Waals surface area (Å²) < 4.78 is 13.4. The first-order valence-corrected chi connectivity index (χ1v) is 15.2. The molecule has 1 saturated carbocycles. The molecule has 4 aromatic rings. The zero-order chi connectivity index (χ0) is 29.1. The number of nitrogens with one attached hydrogen (secondary N) is 2. The molecule has 3 aromatic heterocycles. The van der Waals surface area contributed by atoms with Gasteiger partial charge in [-0.2, -0.15) is 5.10 Å². The first kappa shape index (κ1) is 28.1. The van der Waals surface area contributed by atoms with E-state index in [-0.39, 0.29) is 0 Å². The van der Waals surface area contributed by atoms with Gasteiger partial charge in [0.2, 0.25) is 0 Å². The summed E-state index contributed by atoms with van der Waals surface area (Å²) in [6.07, 6.45) is 13.5. The van der Waals surface area contributed by atoms with E-state index in [9.17, 15) is 4.79 Å². The number of carbonyl (C=O) groups is 1. The number of pyridine rings is 1. The molecule has 2 aliphatic rings. The van der Waals surface area contributed by atoms with E-state index in [1.807, 2.05) is 55.6 Å². The molecule has 2 fully saturated rings. The number of anilines is 3. The number of aromatic nitrogens is 4. The molecule has 42 heavy (non-hydrogen) atoms. The second-order valence-corrected chi connectivity index (χ2v) is 12.7. The van der Waals surface area contributed by atoms with Crippen LogP contribution in [-0.4, -0.2) is 50.4 Å². The van der Waals surface area contributed by atoms with Gasteiger partial charge in [0.1, 0.15) is 11.9 Å². The fraction of sp³-hybridized carbons (Fsp3) is 0.500. The molecule has 0 unspecified atom stereocenters. The Morgan fingerprint density at radius 2 is 1.98 bits per heavy atom. The molecule has 10 nitrogen and oxygen atoms in total. The van der Waals surface area contributed by atoms with Gasteiger partial charge in [0.15, 0.2) is 11.4 Å². The van der Waals surface area contributed by atoms with E-state index in [2.05, 4.69) is 42.9 Å². The Morgan fingerprint density at radius 3 is 2.86 bits per heavy atom. The number of amides is 1. The number of oxazole rings is 1. The molecule has 222 valence electrons. The van der Waals surface area contributed by atoms with Gasteiger partial charge in [0.05, 0.1) is 18.1 Å². The Morgan fingerprint density at radius 1 is 1.10 bits per heavy atom. The predicted molar refractivity (Wildman–Crippen MR) is 164 cm³/mol. The Hall–Kier alpha value is -4.08. The number of piperidine rings is 1. The lowest BCUT2D eigenvalue weighted by Gasteiger charge is -2.39. The molecule has 0 bridgehead atoms. The van der Waals surface area contributed by atoms with E-state index in [4.69, 9.17) is 9.15 Å². The van der Waals surface area contributed by atoms with Crippen molar-refractivity contribution in [2.24, 2.45) is 11.8 Å². The predicted octanol–water partition coefficient (Wildman–Crippen LogP) is 7.01. The quantitative estimate of drug-likeness (QED) is 0.244. The van der Waals surface area contributed by atoms with Gasteiger partial charge in [0.25, 0.3) is 6.01 Å². The molecule has 1 aromatic carbocycles. The number of rotatable bonds is 7. The minimum atomic E-state index is -0.562. The Bertz CT molecular complexity index is 1510. The number of hydrogen-bond acceptors (Lipinski definition) is 8. The summed E-state index contributed by atoms with van der Waals surface area (Å²) in [5.41, 5.74) is 3.02. The number of hydrogen-bond donors (Lipinski definition) is 2. The smallest absolute Gasteiger partial charge is 0.412 e. The summed E-state index contributed by atoms with van der Waals surface area (Å²) >= 11 is 0. The van der Waals surface area contributed by atoms with Gasteiger partial charge in [-0.1, -0.05) is 25.0 Å². The van der Waals surface area contributed by atoms with Gasteiger partial charge >= 0.3 is 6.09 Å². The lowest BCUT2D eigenvalue weighted by molar-refractivity contribution is 0.0636. The standard InChI is InChI=1S/C32H41N7O3/c1-32(2,3)42-31(40)36-25-11-6-10-24(17-25)28-18-33-30(41-28)37-27-12-5-4-9-23(27)16-22-8-7-15-38(19-22)26-13-14-29-34-21-35-39(29)20-26/h6,10-11,13-14,17-18,20-23,27H,4-5,7-9,12,15-16,19H2,1-3H3,(H,33,37)(H,36,40)/t22-,23+,27-/m1/s1. The van der Waals surface area contributed by atoms with E-state index < -0.39 is 11.7 Å². The maximum absolute atomic E-state index is 12.2. The topological polar surface area (TPSA) is 110 Å². The van der Waals surface area contributed by atoms with E-state index in [1.54, 1.807) is 12.5 Å². The number of ether oxygens (including phenoxy) is 1. The van der Waals surface area contributed by atoms with E-state index in [0.717, 1.165) is 30.7 Å². The first-order chi connectivity index (χ1) is 20.3. The lowest BCUT2D eigenvalue weighted by atomic mass is 9.77. The largest absolute Gasteiger partial charge is 0.444 e. The molecule has 4 heterocycles. The fourth-order valence-corrected chi connectivity index (χ4v) is 6.40. The van der Waals surface area contributed by atoms with Gasteiger partial charge in [0, 0.05) is 30.4 Å². The average Bonchev–Trinajstić information content (AvgIpc) is 3.63. The SMILES string of the molecule is CC(C)(C)OC(=O)Nc1cccc(-c2cnc(N[C@@H]3CCCC[C@H]3C[C@H]3CCCN(c4ccc5ncnn5c4)C3)o2)c1. The molecule has 3 atom stereocenters. The minimum absolute atomic E-state index is 0.340. The highest BCUT2D eigenvalue weighted by Gasteiger charge is 2.31. The monoisotopic (exact) mass is 571 g/mol. The van der Waals surface area contributed by atoms with Crippen molar-refractivity contribution in [1.82, 2.24) is 19.6 Å². The molecule has 10 heteroatoms. The molecule has 0 radical (unpaired) electrons. The van der Waals surface area contributed by atoms with Crippen LogP contribution in [0.5, 0.6) is 0 Å². The third kappa shape index (κ3) is 6.86. The summed E-state index contributed by atoms with van der Waals surface area (Å²) in [4.78, 5) is 23.6. The zero-order valence-corrected chi connectivity index (χ0v) is 24.8. The van der Waals surface area contributed by atoms with Crippen molar-refractivity contribution < 1.29 is 13.9 Å². The van der Waals surface area contributed by atoms with Crippen molar-refractivity contribution >= 4 is 29.1 Å². The van der Waals surface area contributed by atoms with Crippen molar-refractivity contribution in [2.75, 3.05) is 28.6 Å². The van der Waals surface area contributed by atoms with Gasteiger partial charge in [-0.3, -0.25) is 5.32 Å². The highest BCUT2D eigenvalue weighted by Crippen LogP contribution is 2.36. The van der Waals surface area contributed by atoms with E-state index >= 15 is 0 Å². The van der Waals surface area contributed by atoms with Crippen molar-refractivity contribution in [3.8, 4) is 11.3 Å². The molecule has 1 aliphatic heterocycles. The number of fused-ring (bicyclic) bond motifs is 1. The normalized spacial score (nSPS) is 21.3. The van der Waals surface area contributed by atoms with Gasteiger partial charge in [-0.05, 0) is 89.0 Å². The van der Waals surface area contributed by atoms with Crippen LogP contribution in [0.4, 0.5) is 22.2 Å². The van der Waals surface area contributed by atoms with Crippen LogP contribution >= 0.6 is 0 Å². The highest BCUT2D eigenvalue weighted by atomic mass is 16.6. The second kappa shape index (κ2) is 12.0. The molecular weight excluding hydrogens is 530 g/mol. The van der Waals surface area contributed by atoms with Crippen LogP contribution in [0.15, 0.2) is 59.5 Å². The summed E-state index contributed by atoms with van der Waals surface area (Å²) in [5, 5.41) is 10.8. The number of benzene rings is 1.